The zero-order valence-corrected chi connectivity index (χ0v) is 16.3. The third-order valence-electron chi connectivity index (χ3n) is 5.83. The van der Waals surface area contributed by atoms with Crippen molar-refractivity contribution in [3.8, 4) is 0 Å². The van der Waals surface area contributed by atoms with E-state index in [9.17, 15) is 18.8 Å². The SMILES string of the molecule is CC1CN(c2ccc(C(C)(C(N)=O)C3CNC(=O)O3)cc2F)CC1NC(=O)CO. The van der Waals surface area contributed by atoms with Crippen molar-refractivity contribution in [3.63, 3.8) is 0 Å². The number of halogens is 1. The van der Waals surface area contributed by atoms with Crippen LogP contribution in [0.2, 0.25) is 0 Å². The van der Waals surface area contributed by atoms with Crippen molar-refractivity contribution >= 4 is 23.6 Å². The van der Waals surface area contributed by atoms with Gasteiger partial charge in [-0.1, -0.05) is 13.0 Å². The van der Waals surface area contributed by atoms with Gasteiger partial charge in [0.25, 0.3) is 0 Å². The van der Waals surface area contributed by atoms with Crippen LogP contribution in [0.5, 0.6) is 0 Å². The minimum absolute atomic E-state index is 0.0597. The van der Waals surface area contributed by atoms with Gasteiger partial charge in [0.05, 0.1) is 18.3 Å². The van der Waals surface area contributed by atoms with E-state index < -0.39 is 41.9 Å². The number of benzene rings is 1. The smallest absolute Gasteiger partial charge is 0.407 e. The van der Waals surface area contributed by atoms with E-state index in [1.807, 2.05) is 6.92 Å². The maximum atomic E-state index is 15.0. The summed E-state index contributed by atoms with van der Waals surface area (Å²) in [5.74, 6) is -1.69. The van der Waals surface area contributed by atoms with Crippen LogP contribution in [0, 0.1) is 11.7 Å². The standard InChI is InChI=1S/C19H25FN4O5/c1-10-7-24(8-13(10)23-16(26)9-25)14-4-3-11(5-12(14)20)19(2,17(21)27)15-6-22-18(28)29-15/h3-5,10,13,15,25H,6-9H2,1-2H3,(H2,21,27)(H,22,28)(H,23,26). The molecule has 9 nitrogen and oxygen atoms in total. The third-order valence-corrected chi connectivity index (χ3v) is 5.83. The molecule has 0 saturated carbocycles. The molecule has 2 heterocycles. The second kappa shape index (κ2) is 7.86. The van der Waals surface area contributed by atoms with Gasteiger partial charge in [-0.05, 0) is 30.5 Å². The molecule has 3 rings (SSSR count). The zero-order chi connectivity index (χ0) is 21.3. The van der Waals surface area contributed by atoms with E-state index in [1.54, 1.807) is 17.0 Å². The highest BCUT2D eigenvalue weighted by molar-refractivity contribution is 5.88. The molecule has 0 bridgehead atoms. The van der Waals surface area contributed by atoms with E-state index in [0.29, 0.717) is 24.3 Å². The molecule has 0 spiro atoms. The monoisotopic (exact) mass is 408 g/mol. The Balaban J connectivity index is 1.84. The van der Waals surface area contributed by atoms with Gasteiger partial charge >= 0.3 is 6.09 Å². The van der Waals surface area contributed by atoms with Crippen LogP contribution in [-0.4, -0.2) is 61.4 Å². The van der Waals surface area contributed by atoms with Gasteiger partial charge in [-0.25, -0.2) is 9.18 Å². The number of aliphatic hydroxyl groups excluding tert-OH is 1. The van der Waals surface area contributed by atoms with Crippen LogP contribution in [0.3, 0.4) is 0 Å². The molecule has 4 unspecified atom stereocenters. The Morgan fingerprint density at radius 2 is 2.17 bits per heavy atom. The highest BCUT2D eigenvalue weighted by atomic mass is 19.1. The highest BCUT2D eigenvalue weighted by Gasteiger charge is 2.47. The van der Waals surface area contributed by atoms with Crippen molar-refractivity contribution in [2.45, 2.75) is 31.4 Å². The Morgan fingerprint density at radius 1 is 1.45 bits per heavy atom. The Labute approximate surface area is 167 Å². The average molecular weight is 408 g/mol. The van der Waals surface area contributed by atoms with Gasteiger partial charge in [-0.3, -0.25) is 9.59 Å². The Bertz CT molecular complexity index is 835. The first kappa shape index (κ1) is 20.8. The Hall–Kier alpha value is -2.88. The van der Waals surface area contributed by atoms with Crippen LogP contribution in [0.15, 0.2) is 18.2 Å². The number of ether oxygens (including phenoxy) is 1. The number of nitrogens with one attached hydrogen (secondary N) is 2. The lowest BCUT2D eigenvalue weighted by Gasteiger charge is -2.31. The number of alkyl carbamates (subject to hydrolysis) is 1. The third kappa shape index (κ3) is 3.84. The molecule has 158 valence electrons. The summed E-state index contributed by atoms with van der Waals surface area (Å²) in [6, 6.07) is 4.17. The number of nitrogens with two attached hydrogens (primary N) is 1. The van der Waals surface area contributed by atoms with Gasteiger partial charge in [0.1, 0.15) is 23.9 Å². The van der Waals surface area contributed by atoms with Crippen LogP contribution >= 0.6 is 0 Å². The molecule has 10 heteroatoms. The van der Waals surface area contributed by atoms with Crippen molar-refractivity contribution in [1.29, 1.82) is 0 Å². The molecule has 0 radical (unpaired) electrons. The van der Waals surface area contributed by atoms with Crippen LogP contribution in [0.1, 0.15) is 19.4 Å². The lowest BCUT2D eigenvalue weighted by Crippen LogP contribution is -2.49. The summed E-state index contributed by atoms with van der Waals surface area (Å²) in [6.07, 6.45) is -1.50. The van der Waals surface area contributed by atoms with Gasteiger partial charge in [-0.15, -0.1) is 0 Å². The molecular formula is C19H25FN4O5. The molecule has 2 aliphatic heterocycles. The predicted octanol–water partition coefficient (Wildman–Crippen LogP) is -0.390. The molecule has 1 aromatic carbocycles. The summed E-state index contributed by atoms with van der Waals surface area (Å²) >= 11 is 0. The minimum Gasteiger partial charge on any atom is -0.443 e. The first-order valence-corrected chi connectivity index (χ1v) is 9.36. The Morgan fingerprint density at radius 3 is 2.72 bits per heavy atom. The number of hydrogen-bond donors (Lipinski definition) is 4. The number of carbonyl (C=O) groups is 3. The number of primary amides is 1. The van der Waals surface area contributed by atoms with Crippen LogP contribution in [0.4, 0.5) is 14.9 Å². The normalized spacial score (nSPS) is 25.9. The summed E-state index contributed by atoms with van der Waals surface area (Å²) in [4.78, 5) is 36.8. The number of cyclic esters (lactones) is 1. The first-order valence-electron chi connectivity index (χ1n) is 9.36. The van der Waals surface area contributed by atoms with Gasteiger partial charge in [0.15, 0.2) is 0 Å². The lowest BCUT2D eigenvalue weighted by molar-refractivity contribution is -0.126. The second-order valence-electron chi connectivity index (χ2n) is 7.72. The van der Waals surface area contributed by atoms with Crippen LogP contribution in [-0.2, 0) is 19.7 Å². The largest absolute Gasteiger partial charge is 0.443 e. The maximum Gasteiger partial charge on any atom is 0.407 e. The summed E-state index contributed by atoms with van der Waals surface area (Å²) in [6.45, 7) is 3.85. The molecular weight excluding hydrogens is 383 g/mol. The van der Waals surface area contributed by atoms with Crippen molar-refractivity contribution < 1.29 is 28.6 Å². The molecule has 0 aromatic heterocycles. The van der Waals surface area contributed by atoms with Gasteiger partial charge in [-0.2, -0.15) is 0 Å². The van der Waals surface area contributed by atoms with Crippen molar-refractivity contribution in [3.05, 3.63) is 29.6 Å². The number of hydrogen-bond acceptors (Lipinski definition) is 6. The molecule has 2 fully saturated rings. The molecule has 3 amide bonds. The number of aliphatic hydroxyl groups is 1. The molecule has 29 heavy (non-hydrogen) atoms. The Kier molecular flexibility index (Phi) is 5.65. The number of carbonyl (C=O) groups excluding carboxylic acids is 3. The number of anilines is 1. The van der Waals surface area contributed by atoms with Crippen LogP contribution < -0.4 is 21.3 Å². The summed E-state index contributed by atoms with van der Waals surface area (Å²) in [5, 5.41) is 14.1. The quantitative estimate of drug-likeness (QED) is 0.507. The average Bonchev–Trinajstić information content (AvgIpc) is 3.26. The topological polar surface area (TPSA) is 134 Å². The summed E-state index contributed by atoms with van der Waals surface area (Å²) in [7, 11) is 0. The van der Waals surface area contributed by atoms with Gasteiger partial charge < -0.3 is 31.1 Å². The van der Waals surface area contributed by atoms with Gasteiger partial charge in [0, 0.05) is 13.1 Å². The fraction of sp³-hybridized carbons (Fsp3) is 0.526. The number of amides is 3. The lowest BCUT2D eigenvalue weighted by atomic mass is 9.76. The molecule has 2 saturated heterocycles. The molecule has 2 aliphatic rings. The molecule has 0 aliphatic carbocycles. The van der Waals surface area contributed by atoms with Crippen molar-refractivity contribution in [1.82, 2.24) is 10.6 Å². The predicted molar refractivity (Wildman–Crippen MR) is 102 cm³/mol. The summed E-state index contributed by atoms with van der Waals surface area (Å²) < 4.78 is 20.1. The summed E-state index contributed by atoms with van der Waals surface area (Å²) in [5.41, 5.74) is 4.83. The molecule has 1 aromatic rings. The molecule has 5 N–H and O–H groups in total. The van der Waals surface area contributed by atoms with Crippen molar-refractivity contribution in [2.24, 2.45) is 11.7 Å². The minimum atomic E-state index is -1.39. The van der Waals surface area contributed by atoms with E-state index in [2.05, 4.69) is 10.6 Å². The second-order valence-corrected chi connectivity index (χ2v) is 7.72. The first-order chi connectivity index (χ1) is 13.7. The van der Waals surface area contributed by atoms with E-state index in [1.165, 1.54) is 13.0 Å². The van der Waals surface area contributed by atoms with Crippen LogP contribution in [0.25, 0.3) is 0 Å². The van der Waals surface area contributed by atoms with Gasteiger partial charge in [0.2, 0.25) is 11.8 Å². The van der Waals surface area contributed by atoms with E-state index in [4.69, 9.17) is 15.6 Å². The molecule has 4 atom stereocenters. The number of rotatable bonds is 6. The fourth-order valence-corrected chi connectivity index (χ4v) is 3.89. The maximum absolute atomic E-state index is 15.0. The van der Waals surface area contributed by atoms with Crippen molar-refractivity contribution in [2.75, 3.05) is 31.1 Å². The zero-order valence-electron chi connectivity index (χ0n) is 16.3. The van der Waals surface area contributed by atoms with E-state index in [-0.39, 0.29) is 18.5 Å². The van der Waals surface area contributed by atoms with E-state index >= 15 is 0 Å². The highest BCUT2D eigenvalue weighted by Crippen LogP contribution is 2.35. The van der Waals surface area contributed by atoms with E-state index in [0.717, 1.165) is 0 Å². The fourth-order valence-electron chi connectivity index (χ4n) is 3.89. The number of nitrogens with zero attached hydrogens (tertiary/aromatic N) is 1.